The smallest absolute Gasteiger partial charge is 0.248 e. The van der Waals surface area contributed by atoms with Crippen molar-refractivity contribution in [3.63, 3.8) is 0 Å². The molecule has 202 valence electrons. The number of carbonyl (C=O) groups is 2. The van der Waals surface area contributed by atoms with Crippen LogP contribution in [0.3, 0.4) is 0 Å². The maximum absolute atomic E-state index is 13.8. The molecule has 1 aliphatic heterocycles. The Morgan fingerprint density at radius 3 is 2.68 bits per heavy atom. The van der Waals surface area contributed by atoms with Crippen LogP contribution >= 0.6 is 0 Å². The van der Waals surface area contributed by atoms with Crippen LogP contribution in [-0.4, -0.2) is 72.2 Å². The van der Waals surface area contributed by atoms with Crippen LogP contribution in [0.2, 0.25) is 0 Å². The molecule has 0 spiro atoms. The average molecular weight is 522 g/mol. The summed E-state index contributed by atoms with van der Waals surface area (Å²) in [7, 11) is 0. The monoisotopic (exact) mass is 521 g/mol. The lowest BCUT2D eigenvalue weighted by molar-refractivity contribution is -0.144. The van der Waals surface area contributed by atoms with Gasteiger partial charge in [0.05, 0.1) is 11.8 Å². The van der Waals surface area contributed by atoms with Gasteiger partial charge < -0.3 is 19.8 Å². The molecule has 1 saturated carbocycles. The number of hydrogen-bond donors (Lipinski definition) is 2. The fourth-order valence-electron chi connectivity index (χ4n) is 4.98. The summed E-state index contributed by atoms with van der Waals surface area (Å²) in [5.74, 6) is 0.869. The van der Waals surface area contributed by atoms with E-state index in [2.05, 4.69) is 25.8 Å². The van der Waals surface area contributed by atoms with E-state index < -0.39 is 23.6 Å². The molecule has 1 aliphatic carbocycles. The second kappa shape index (κ2) is 10.6. The van der Waals surface area contributed by atoms with Crippen LogP contribution in [0.15, 0.2) is 41.1 Å². The van der Waals surface area contributed by atoms with Crippen molar-refractivity contribution in [1.82, 2.24) is 35.4 Å². The SMILES string of the molecule is CC(C)(C)[C@@H](C(=O)N1C[C@H](O)C[C@H]1C(=O)NCCc1nc(Cc2ccccc2)no1)n1cc(C2CC2)nn1. The predicted molar refractivity (Wildman–Crippen MR) is 137 cm³/mol. The quantitative estimate of drug-likeness (QED) is 0.436. The van der Waals surface area contributed by atoms with Gasteiger partial charge in [0.1, 0.15) is 12.1 Å². The zero-order valence-corrected chi connectivity index (χ0v) is 22.1. The van der Waals surface area contributed by atoms with Gasteiger partial charge in [0, 0.05) is 44.5 Å². The van der Waals surface area contributed by atoms with E-state index >= 15 is 0 Å². The molecule has 0 radical (unpaired) electrons. The molecule has 2 aromatic heterocycles. The zero-order valence-electron chi connectivity index (χ0n) is 22.1. The highest BCUT2D eigenvalue weighted by atomic mass is 16.5. The Hall–Kier alpha value is -3.60. The first-order valence-electron chi connectivity index (χ1n) is 13.2. The molecular weight excluding hydrogens is 486 g/mol. The molecule has 1 saturated heterocycles. The summed E-state index contributed by atoms with van der Waals surface area (Å²) in [6, 6.07) is 8.45. The van der Waals surface area contributed by atoms with Gasteiger partial charge in [0.2, 0.25) is 17.7 Å². The maximum atomic E-state index is 13.8. The molecule has 0 bridgehead atoms. The van der Waals surface area contributed by atoms with Crippen molar-refractivity contribution in [1.29, 1.82) is 0 Å². The van der Waals surface area contributed by atoms with Crippen molar-refractivity contribution in [2.75, 3.05) is 13.1 Å². The first kappa shape index (κ1) is 26.0. The maximum Gasteiger partial charge on any atom is 0.248 e. The average Bonchev–Trinajstić information content (AvgIpc) is 3.24. The lowest BCUT2D eigenvalue weighted by Crippen LogP contribution is -2.50. The van der Waals surface area contributed by atoms with E-state index in [1.807, 2.05) is 57.3 Å². The molecule has 5 rings (SSSR count). The van der Waals surface area contributed by atoms with Gasteiger partial charge in [-0.15, -0.1) is 5.10 Å². The van der Waals surface area contributed by atoms with E-state index in [1.165, 1.54) is 4.90 Å². The minimum Gasteiger partial charge on any atom is -0.391 e. The predicted octanol–water partition coefficient (Wildman–Crippen LogP) is 2.04. The number of amides is 2. The lowest BCUT2D eigenvalue weighted by atomic mass is 9.85. The molecule has 3 heterocycles. The Balaban J connectivity index is 1.20. The van der Waals surface area contributed by atoms with Gasteiger partial charge in [-0.3, -0.25) is 9.59 Å². The van der Waals surface area contributed by atoms with E-state index in [1.54, 1.807) is 4.68 Å². The van der Waals surface area contributed by atoms with Crippen LogP contribution in [0.1, 0.15) is 75.0 Å². The number of nitrogens with zero attached hydrogens (tertiary/aromatic N) is 6. The molecule has 2 amide bonds. The highest BCUT2D eigenvalue weighted by Gasteiger charge is 2.45. The van der Waals surface area contributed by atoms with Gasteiger partial charge in [0.25, 0.3) is 0 Å². The van der Waals surface area contributed by atoms with E-state index in [9.17, 15) is 14.7 Å². The molecule has 11 nitrogen and oxygen atoms in total. The Kier molecular flexibility index (Phi) is 7.29. The van der Waals surface area contributed by atoms with Gasteiger partial charge in [-0.1, -0.05) is 61.5 Å². The molecule has 38 heavy (non-hydrogen) atoms. The first-order chi connectivity index (χ1) is 18.2. The number of aliphatic hydroxyl groups excluding tert-OH is 1. The summed E-state index contributed by atoms with van der Waals surface area (Å²) in [4.78, 5) is 32.8. The Labute approximate surface area is 221 Å². The number of rotatable bonds is 9. The molecular formula is C27H35N7O4. The normalized spacial score (nSPS) is 20.5. The number of aromatic nitrogens is 5. The van der Waals surface area contributed by atoms with Crippen LogP contribution in [0.4, 0.5) is 0 Å². The molecule has 0 unspecified atom stereocenters. The van der Waals surface area contributed by atoms with Crippen molar-refractivity contribution >= 4 is 11.8 Å². The van der Waals surface area contributed by atoms with E-state index in [4.69, 9.17) is 4.52 Å². The van der Waals surface area contributed by atoms with Crippen LogP contribution < -0.4 is 5.32 Å². The van der Waals surface area contributed by atoms with E-state index in [-0.39, 0.29) is 31.3 Å². The molecule has 2 aliphatic rings. The highest BCUT2D eigenvalue weighted by Crippen LogP contribution is 2.40. The minimum atomic E-state index is -0.774. The van der Waals surface area contributed by atoms with Crippen molar-refractivity contribution in [3.8, 4) is 0 Å². The fraction of sp³-hybridized carbons (Fsp3) is 0.556. The number of carbonyl (C=O) groups excluding carboxylic acids is 2. The van der Waals surface area contributed by atoms with Crippen molar-refractivity contribution < 1.29 is 19.2 Å². The third-order valence-corrected chi connectivity index (χ3v) is 7.06. The lowest BCUT2D eigenvalue weighted by Gasteiger charge is -2.34. The summed E-state index contributed by atoms with van der Waals surface area (Å²) >= 11 is 0. The summed E-state index contributed by atoms with van der Waals surface area (Å²) in [6.45, 7) is 6.27. The topological polar surface area (TPSA) is 139 Å². The Morgan fingerprint density at radius 2 is 1.97 bits per heavy atom. The summed E-state index contributed by atoms with van der Waals surface area (Å²) in [5.41, 5.74) is 1.51. The van der Waals surface area contributed by atoms with Gasteiger partial charge in [-0.25, -0.2) is 4.68 Å². The van der Waals surface area contributed by atoms with E-state index in [0.717, 1.165) is 24.1 Å². The number of nitrogens with one attached hydrogen (secondary N) is 1. The van der Waals surface area contributed by atoms with Crippen LogP contribution in [0, 0.1) is 5.41 Å². The number of hydrogen-bond acceptors (Lipinski definition) is 8. The zero-order chi connectivity index (χ0) is 26.9. The summed E-state index contributed by atoms with van der Waals surface area (Å²) < 4.78 is 6.95. The molecule has 1 aromatic carbocycles. The van der Waals surface area contributed by atoms with Gasteiger partial charge >= 0.3 is 0 Å². The number of benzene rings is 1. The van der Waals surface area contributed by atoms with Gasteiger partial charge in [-0.05, 0) is 23.8 Å². The summed E-state index contributed by atoms with van der Waals surface area (Å²) in [6.07, 6.45) is 4.37. The van der Waals surface area contributed by atoms with Crippen LogP contribution in [0.25, 0.3) is 0 Å². The summed E-state index contributed by atoms with van der Waals surface area (Å²) in [5, 5.41) is 25.8. The fourth-order valence-corrected chi connectivity index (χ4v) is 4.98. The van der Waals surface area contributed by atoms with Crippen molar-refractivity contribution in [3.05, 3.63) is 59.5 Å². The third kappa shape index (κ3) is 5.93. The number of likely N-dealkylation sites (tertiary alicyclic amines) is 1. The van der Waals surface area contributed by atoms with Crippen molar-refractivity contribution in [2.24, 2.45) is 5.41 Å². The molecule has 3 atom stereocenters. The highest BCUT2D eigenvalue weighted by molar-refractivity contribution is 5.90. The third-order valence-electron chi connectivity index (χ3n) is 7.06. The minimum absolute atomic E-state index is 0.0974. The van der Waals surface area contributed by atoms with Crippen LogP contribution in [-0.2, 0) is 22.4 Å². The standard InChI is InChI=1S/C27H35N7O4/c1-27(2,3)24(34-16-20(30-32-34)18-9-10-18)26(37)33-15-19(35)14-21(33)25(36)28-12-11-23-29-22(31-38-23)13-17-7-5-4-6-8-17/h4-8,16,18-19,21,24,35H,9-15H2,1-3H3,(H,28,36)/t19-,21+,24-/m1/s1. The molecule has 2 N–H and O–H groups in total. The van der Waals surface area contributed by atoms with Gasteiger partial charge in [-0.2, -0.15) is 4.98 Å². The van der Waals surface area contributed by atoms with Gasteiger partial charge in [0.15, 0.2) is 5.82 Å². The Morgan fingerprint density at radius 1 is 1.21 bits per heavy atom. The molecule has 2 fully saturated rings. The Bertz CT molecular complexity index is 1260. The van der Waals surface area contributed by atoms with Crippen LogP contribution in [0.5, 0.6) is 0 Å². The molecule has 3 aromatic rings. The van der Waals surface area contributed by atoms with E-state index in [0.29, 0.717) is 30.5 Å². The second-order valence-corrected chi connectivity index (χ2v) is 11.4. The van der Waals surface area contributed by atoms with Crippen molar-refractivity contribution in [2.45, 2.75) is 77.0 Å². The first-order valence-corrected chi connectivity index (χ1v) is 13.2. The largest absolute Gasteiger partial charge is 0.391 e. The molecule has 11 heteroatoms. The second-order valence-electron chi connectivity index (χ2n) is 11.4. The number of aliphatic hydroxyl groups is 1. The number of β-amino-alcohol motifs (C(OH)–C–C–N with tert-alkyl or cyclic N) is 1.